The molecule has 2 rings (SSSR count). The smallest absolute Gasteiger partial charge is 0.229 e. The van der Waals surface area contributed by atoms with Crippen molar-refractivity contribution in [2.75, 3.05) is 17.2 Å². The van der Waals surface area contributed by atoms with Gasteiger partial charge in [-0.25, -0.2) is 4.98 Å². The van der Waals surface area contributed by atoms with Crippen LogP contribution in [0, 0.1) is 0 Å². The number of thiazole rings is 1. The van der Waals surface area contributed by atoms with Crippen LogP contribution in [0.25, 0.3) is 0 Å². The summed E-state index contributed by atoms with van der Waals surface area (Å²) >= 11 is 7.53. The number of hydrogen-bond donors (Lipinski definition) is 2. The summed E-state index contributed by atoms with van der Waals surface area (Å²) in [5, 5.41) is 9.49. The fraction of sp³-hybridized carbons (Fsp3) is 0.500. The maximum absolute atomic E-state index is 5.93. The molecule has 108 valence electrons. The van der Waals surface area contributed by atoms with Gasteiger partial charge in [0, 0.05) is 18.1 Å². The maximum Gasteiger partial charge on any atom is 0.229 e. The Kier molecular flexibility index (Phi) is 5.49. The number of halogens is 1. The highest BCUT2D eigenvalue weighted by Gasteiger charge is 2.14. The van der Waals surface area contributed by atoms with Crippen LogP contribution >= 0.6 is 22.9 Å². The molecule has 0 fully saturated rings. The highest BCUT2D eigenvalue weighted by atomic mass is 35.5. The summed E-state index contributed by atoms with van der Waals surface area (Å²) in [5.74, 6) is 0.953. The van der Waals surface area contributed by atoms with Gasteiger partial charge < -0.3 is 10.6 Å². The van der Waals surface area contributed by atoms with Gasteiger partial charge in [-0.1, -0.05) is 13.8 Å². The number of hydrogen-bond acceptors (Lipinski definition) is 7. The van der Waals surface area contributed by atoms with Crippen LogP contribution in [0.5, 0.6) is 0 Å². The lowest BCUT2D eigenvalue weighted by molar-refractivity contribution is 0.730. The van der Waals surface area contributed by atoms with E-state index in [1.54, 1.807) is 17.5 Å². The van der Waals surface area contributed by atoms with Gasteiger partial charge in [0.25, 0.3) is 0 Å². The van der Waals surface area contributed by atoms with Gasteiger partial charge >= 0.3 is 0 Å². The van der Waals surface area contributed by atoms with Crippen molar-refractivity contribution in [2.45, 2.75) is 32.7 Å². The van der Waals surface area contributed by atoms with Gasteiger partial charge in [-0.2, -0.15) is 15.0 Å². The van der Waals surface area contributed by atoms with Crippen molar-refractivity contribution in [2.24, 2.45) is 0 Å². The molecule has 0 aliphatic heterocycles. The number of nitrogens with zero attached hydrogens (tertiary/aromatic N) is 4. The van der Waals surface area contributed by atoms with Crippen molar-refractivity contribution in [1.82, 2.24) is 19.9 Å². The Morgan fingerprint density at radius 3 is 2.70 bits per heavy atom. The molecule has 0 saturated carbocycles. The summed E-state index contributed by atoms with van der Waals surface area (Å²) < 4.78 is 0. The molecular formula is C12H17ClN6S. The van der Waals surface area contributed by atoms with Gasteiger partial charge in [0.05, 0.1) is 6.04 Å². The third-order valence-corrected chi connectivity index (χ3v) is 3.66. The van der Waals surface area contributed by atoms with E-state index in [4.69, 9.17) is 11.6 Å². The average molecular weight is 313 g/mol. The van der Waals surface area contributed by atoms with E-state index in [1.165, 1.54) is 0 Å². The zero-order chi connectivity index (χ0) is 14.4. The van der Waals surface area contributed by atoms with Crippen LogP contribution in [0.15, 0.2) is 11.6 Å². The van der Waals surface area contributed by atoms with Crippen LogP contribution in [0.4, 0.5) is 11.9 Å². The van der Waals surface area contributed by atoms with Gasteiger partial charge in [-0.15, -0.1) is 11.3 Å². The summed E-state index contributed by atoms with van der Waals surface area (Å²) in [4.78, 5) is 16.8. The van der Waals surface area contributed by atoms with E-state index in [1.807, 2.05) is 5.38 Å². The SMILES string of the molecule is CCCNc1nc(Cl)nc(NC(CC)c2nccs2)n1. The molecule has 0 amide bonds. The Balaban J connectivity index is 2.13. The predicted octanol–water partition coefficient (Wildman–Crippen LogP) is 3.37. The number of rotatable bonds is 7. The van der Waals surface area contributed by atoms with E-state index in [9.17, 15) is 0 Å². The van der Waals surface area contributed by atoms with E-state index >= 15 is 0 Å². The molecule has 0 aromatic carbocycles. The topological polar surface area (TPSA) is 75.6 Å². The summed E-state index contributed by atoms with van der Waals surface area (Å²) in [6.45, 7) is 4.95. The summed E-state index contributed by atoms with van der Waals surface area (Å²) in [6, 6.07) is 0.0764. The summed E-state index contributed by atoms with van der Waals surface area (Å²) in [5.41, 5.74) is 0. The second-order valence-electron chi connectivity index (χ2n) is 4.15. The minimum absolute atomic E-state index is 0.0764. The molecule has 0 saturated heterocycles. The van der Waals surface area contributed by atoms with E-state index in [0.29, 0.717) is 11.9 Å². The van der Waals surface area contributed by atoms with Crippen molar-refractivity contribution in [3.05, 3.63) is 21.9 Å². The molecule has 8 heteroatoms. The number of nitrogens with one attached hydrogen (secondary N) is 2. The highest BCUT2D eigenvalue weighted by molar-refractivity contribution is 7.09. The Morgan fingerprint density at radius 1 is 1.25 bits per heavy atom. The van der Waals surface area contributed by atoms with Crippen LogP contribution in [0.1, 0.15) is 37.7 Å². The van der Waals surface area contributed by atoms with Crippen molar-refractivity contribution < 1.29 is 0 Å². The van der Waals surface area contributed by atoms with Crippen LogP contribution in [-0.2, 0) is 0 Å². The Labute approximate surface area is 127 Å². The van der Waals surface area contributed by atoms with Gasteiger partial charge in [-0.05, 0) is 24.4 Å². The molecule has 2 N–H and O–H groups in total. The second kappa shape index (κ2) is 7.35. The van der Waals surface area contributed by atoms with E-state index < -0.39 is 0 Å². The lowest BCUT2D eigenvalue weighted by Crippen LogP contribution is -2.14. The largest absolute Gasteiger partial charge is 0.354 e. The molecule has 2 heterocycles. The number of aromatic nitrogens is 4. The Morgan fingerprint density at radius 2 is 2.05 bits per heavy atom. The minimum Gasteiger partial charge on any atom is -0.354 e. The molecule has 0 spiro atoms. The average Bonchev–Trinajstić information content (AvgIpc) is 2.96. The standard InChI is InChI=1S/C12H17ClN6S/c1-3-5-15-11-17-10(13)18-12(19-11)16-8(4-2)9-14-6-7-20-9/h6-8H,3-5H2,1-2H3,(H2,15,16,17,18,19). The molecule has 2 aromatic heterocycles. The Hall–Kier alpha value is -1.47. The van der Waals surface area contributed by atoms with E-state index in [0.717, 1.165) is 24.4 Å². The number of anilines is 2. The van der Waals surface area contributed by atoms with Crippen molar-refractivity contribution in [1.29, 1.82) is 0 Å². The summed E-state index contributed by atoms with van der Waals surface area (Å²) in [7, 11) is 0. The lowest BCUT2D eigenvalue weighted by Gasteiger charge is -2.14. The summed E-state index contributed by atoms with van der Waals surface area (Å²) in [6.07, 6.45) is 3.66. The van der Waals surface area contributed by atoms with Crippen LogP contribution in [0.3, 0.4) is 0 Å². The minimum atomic E-state index is 0.0764. The van der Waals surface area contributed by atoms with Crippen molar-refractivity contribution in [3.63, 3.8) is 0 Å². The molecule has 0 aliphatic carbocycles. The molecule has 2 aromatic rings. The molecule has 6 nitrogen and oxygen atoms in total. The predicted molar refractivity (Wildman–Crippen MR) is 82.4 cm³/mol. The fourth-order valence-electron chi connectivity index (χ4n) is 1.63. The van der Waals surface area contributed by atoms with Gasteiger partial charge in [-0.3, -0.25) is 0 Å². The molecule has 0 radical (unpaired) electrons. The fourth-order valence-corrected chi connectivity index (χ4v) is 2.56. The van der Waals surface area contributed by atoms with Gasteiger partial charge in [0.15, 0.2) is 0 Å². The third kappa shape index (κ3) is 4.01. The quantitative estimate of drug-likeness (QED) is 0.816. The van der Waals surface area contributed by atoms with Crippen molar-refractivity contribution in [3.8, 4) is 0 Å². The first-order valence-corrected chi connectivity index (χ1v) is 7.80. The highest BCUT2D eigenvalue weighted by Crippen LogP contribution is 2.23. The molecule has 0 bridgehead atoms. The molecular weight excluding hydrogens is 296 g/mol. The van der Waals surface area contributed by atoms with Gasteiger partial charge in [0.2, 0.25) is 17.2 Å². The van der Waals surface area contributed by atoms with E-state index in [2.05, 4.69) is 44.4 Å². The molecule has 1 unspecified atom stereocenters. The molecule has 1 atom stereocenters. The molecule has 0 aliphatic rings. The van der Waals surface area contributed by atoms with Crippen LogP contribution in [0.2, 0.25) is 5.28 Å². The monoisotopic (exact) mass is 312 g/mol. The van der Waals surface area contributed by atoms with E-state index in [-0.39, 0.29) is 11.3 Å². The second-order valence-corrected chi connectivity index (χ2v) is 5.42. The van der Waals surface area contributed by atoms with Crippen molar-refractivity contribution >= 4 is 34.8 Å². The first kappa shape index (κ1) is 14.9. The maximum atomic E-state index is 5.93. The molecule has 20 heavy (non-hydrogen) atoms. The third-order valence-electron chi connectivity index (χ3n) is 2.60. The normalized spacial score (nSPS) is 12.2. The lowest BCUT2D eigenvalue weighted by atomic mass is 10.2. The van der Waals surface area contributed by atoms with Crippen LogP contribution < -0.4 is 10.6 Å². The zero-order valence-electron chi connectivity index (χ0n) is 11.4. The Bertz CT molecular complexity index is 533. The van der Waals surface area contributed by atoms with Crippen LogP contribution in [-0.4, -0.2) is 26.5 Å². The van der Waals surface area contributed by atoms with Gasteiger partial charge in [0.1, 0.15) is 5.01 Å². The first-order valence-electron chi connectivity index (χ1n) is 6.54. The first-order chi connectivity index (χ1) is 9.72. The zero-order valence-corrected chi connectivity index (χ0v) is 13.0.